The molecule has 25 heavy (non-hydrogen) atoms. The highest BCUT2D eigenvalue weighted by Crippen LogP contribution is 2.28. The Labute approximate surface area is 150 Å². The van der Waals surface area contributed by atoms with Crippen molar-refractivity contribution >= 4 is 29.1 Å². The topological polar surface area (TPSA) is 67.8 Å². The smallest absolute Gasteiger partial charge is 0.331 e. The number of Topliss-reactive ketones (excluding diaryl/α,β-unsaturated/α-hetero) is 1. The molecule has 0 aromatic heterocycles. The molecular formula is C19H17ClN2O3. The van der Waals surface area contributed by atoms with Crippen molar-refractivity contribution in [1.82, 2.24) is 5.43 Å². The van der Waals surface area contributed by atoms with E-state index in [4.69, 9.17) is 16.3 Å². The Hall–Kier alpha value is -2.66. The molecule has 0 radical (unpaired) electrons. The summed E-state index contributed by atoms with van der Waals surface area (Å²) < 4.78 is 5.12. The molecule has 128 valence electrons. The highest BCUT2D eigenvalue weighted by molar-refractivity contribution is 6.48. The third kappa shape index (κ3) is 3.56. The minimum atomic E-state index is -0.728. The van der Waals surface area contributed by atoms with Gasteiger partial charge < -0.3 is 4.74 Å². The summed E-state index contributed by atoms with van der Waals surface area (Å²) in [6.45, 7) is 2.00. The molecule has 2 unspecified atom stereocenters. The number of nitrogens with zero attached hydrogens (tertiary/aromatic N) is 1. The summed E-state index contributed by atoms with van der Waals surface area (Å²) in [5.74, 6) is -1.19. The molecule has 6 heteroatoms. The Morgan fingerprint density at radius 2 is 1.80 bits per heavy atom. The molecule has 2 aromatic carbocycles. The Morgan fingerprint density at radius 1 is 1.12 bits per heavy atom. The predicted molar refractivity (Wildman–Crippen MR) is 96.0 cm³/mol. The van der Waals surface area contributed by atoms with Gasteiger partial charge in [0.05, 0.1) is 12.5 Å². The molecule has 2 atom stereocenters. The SMILES string of the molecule is CCOC(=O)C1NN=C(C(=O)c2ccc(Cl)cc2)C1c1ccccc1. The fourth-order valence-corrected chi connectivity index (χ4v) is 2.94. The van der Waals surface area contributed by atoms with Crippen LogP contribution in [-0.2, 0) is 9.53 Å². The van der Waals surface area contributed by atoms with Crippen molar-refractivity contribution in [3.8, 4) is 0 Å². The first kappa shape index (κ1) is 17.2. The van der Waals surface area contributed by atoms with E-state index in [0.717, 1.165) is 5.56 Å². The average Bonchev–Trinajstić information content (AvgIpc) is 3.08. The molecule has 0 bridgehead atoms. The molecule has 1 aliphatic heterocycles. The molecule has 1 aliphatic rings. The van der Waals surface area contributed by atoms with Gasteiger partial charge in [0.25, 0.3) is 0 Å². The fraction of sp³-hybridized carbons (Fsp3) is 0.211. The van der Waals surface area contributed by atoms with Gasteiger partial charge in [-0.3, -0.25) is 10.2 Å². The Kier molecular flexibility index (Phi) is 5.14. The largest absolute Gasteiger partial charge is 0.464 e. The van der Waals surface area contributed by atoms with Crippen LogP contribution in [0.2, 0.25) is 5.02 Å². The van der Waals surface area contributed by atoms with Gasteiger partial charge in [0.15, 0.2) is 6.04 Å². The van der Waals surface area contributed by atoms with Crippen LogP contribution in [0.5, 0.6) is 0 Å². The number of carbonyl (C=O) groups excluding carboxylic acids is 2. The minimum absolute atomic E-state index is 0.246. The monoisotopic (exact) mass is 356 g/mol. The number of hydrogen-bond donors (Lipinski definition) is 1. The molecule has 5 nitrogen and oxygen atoms in total. The maximum absolute atomic E-state index is 12.9. The predicted octanol–water partition coefficient (Wildman–Crippen LogP) is 3.20. The molecule has 3 rings (SSSR count). The Balaban J connectivity index is 1.95. The van der Waals surface area contributed by atoms with Crippen LogP contribution in [0, 0.1) is 0 Å². The van der Waals surface area contributed by atoms with Gasteiger partial charge in [-0.15, -0.1) is 0 Å². The summed E-state index contributed by atoms with van der Waals surface area (Å²) in [7, 11) is 0. The van der Waals surface area contributed by atoms with Crippen molar-refractivity contribution in [2.45, 2.75) is 18.9 Å². The van der Waals surface area contributed by atoms with Gasteiger partial charge in [0.1, 0.15) is 5.71 Å². The third-order valence-corrected chi connectivity index (χ3v) is 4.24. The number of ether oxygens (including phenoxy) is 1. The number of ketones is 1. The zero-order valence-corrected chi connectivity index (χ0v) is 14.4. The lowest BCUT2D eigenvalue weighted by Crippen LogP contribution is -2.38. The van der Waals surface area contributed by atoms with Gasteiger partial charge in [-0.25, -0.2) is 4.79 Å². The first-order valence-electron chi connectivity index (χ1n) is 7.96. The van der Waals surface area contributed by atoms with E-state index in [1.54, 1.807) is 31.2 Å². The number of benzene rings is 2. The molecule has 0 aliphatic carbocycles. The molecule has 0 amide bonds. The van der Waals surface area contributed by atoms with Crippen LogP contribution < -0.4 is 5.43 Å². The maximum atomic E-state index is 12.9. The van der Waals surface area contributed by atoms with E-state index in [1.807, 2.05) is 30.3 Å². The van der Waals surface area contributed by atoms with Crippen LogP contribution in [0.25, 0.3) is 0 Å². The highest BCUT2D eigenvalue weighted by Gasteiger charge is 2.41. The first-order valence-corrected chi connectivity index (χ1v) is 8.34. The van der Waals surface area contributed by atoms with Crippen LogP contribution in [0.15, 0.2) is 59.7 Å². The lowest BCUT2D eigenvalue weighted by atomic mass is 9.85. The number of carbonyl (C=O) groups is 2. The van der Waals surface area contributed by atoms with Crippen molar-refractivity contribution in [2.75, 3.05) is 6.61 Å². The first-order chi connectivity index (χ1) is 12.1. The minimum Gasteiger partial charge on any atom is -0.464 e. The number of esters is 1. The van der Waals surface area contributed by atoms with Gasteiger partial charge in [-0.05, 0) is 36.8 Å². The van der Waals surface area contributed by atoms with Gasteiger partial charge in [-0.2, -0.15) is 5.10 Å². The highest BCUT2D eigenvalue weighted by atomic mass is 35.5. The van der Waals surface area contributed by atoms with Gasteiger partial charge >= 0.3 is 5.97 Å². The molecule has 1 heterocycles. The quantitative estimate of drug-likeness (QED) is 0.660. The van der Waals surface area contributed by atoms with E-state index >= 15 is 0 Å². The van der Waals surface area contributed by atoms with Gasteiger partial charge in [-0.1, -0.05) is 41.9 Å². The average molecular weight is 357 g/mol. The molecule has 0 saturated heterocycles. The molecule has 2 aromatic rings. The van der Waals surface area contributed by atoms with E-state index in [9.17, 15) is 9.59 Å². The maximum Gasteiger partial charge on any atom is 0.331 e. The van der Waals surface area contributed by atoms with Crippen LogP contribution in [0.3, 0.4) is 0 Å². The van der Waals surface area contributed by atoms with E-state index < -0.39 is 17.9 Å². The lowest BCUT2D eigenvalue weighted by molar-refractivity contribution is -0.145. The summed E-state index contributed by atoms with van der Waals surface area (Å²) >= 11 is 5.89. The van der Waals surface area contributed by atoms with Gasteiger partial charge in [0.2, 0.25) is 5.78 Å². The summed E-state index contributed by atoms with van der Waals surface area (Å²) in [6.07, 6.45) is 0. The standard InChI is InChI=1S/C19H17ClN2O3/c1-2-25-19(24)17-15(12-6-4-3-5-7-12)16(21-22-17)18(23)13-8-10-14(20)11-9-13/h3-11,15,17,22H,2H2,1H3. The fourth-order valence-electron chi connectivity index (χ4n) is 2.81. The van der Waals surface area contributed by atoms with Crippen molar-refractivity contribution < 1.29 is 14.3 Å². The number of halogens is 1. The van der Waals surface area contributed by atoms with Crippen LogP contribution >= 0.6 is 11.6 Å². The second-order valence-electron chi connectivity index (χ2n) is 5.58. The normalized spacial score (nSPS) is 19.0. The molecule has 0 saturated carbocycles. The van der Waals surface area contributed by atoms with Crippen molar-refractivity contribution in [2.24, 2.45) is 5.10 Å². The zero-order valence-electron chi connectivity index (χ0n) is 13.6. The Morgan fingerprint density at radius 3 is 2.44 bits per heavy atom. The number of hydrogen-bond acceptors (Lipinski definition) is 5. The van der Waals surface area contributed by atoms with Crippen LogP contribution in [-0.4, -0.2) is 30.1 Å². The van der Waals surface area contributed by atoms with Crippen LogP contribution in [0.1, 0.15) is 28.8 Å². The van der Waals surface area contributed by atoms with Crippen LogP contribution in [0.4, 0.5) is 0 Å². The third-order valence-electron chi connectivity index (χ3n) is 3.99. The summed E-state index contributed by atoms with van der Waals surface area (Å²) in [5, 5.41) is 4.71. The molecule has 0 spiro atoms. The second kappa shape index (κ2) is 7.49. The number of nitrogens with one attached hydrogen (secondary N) is 1. The summed E-state index contributed by atoms with van der Waals surface area (Å²) in [5.41, 5.74) is 4.35. The second-order valence-corrected chi connectivity index (χ2v) is 6.02. The summed E-state index contributed by atoms with van der Waals surface area (Å²) in [4.78, 5) is 25.2. The van der Waals surface area contributed by atoms with E-state index in [0.29, 0.717) is 10.6 Å². The molecular weight excluding hydrogens is 340 g/mol. The molecule has 0 fully saturated rings. The summed E-state index contributed by atoms with van der Waals surface area (Å²) in [6, 6.07) is 15.2. The molecule has 1 N–H and O–H groups in total. The van der Waals surface area contributed by atoms with Crippen molar-refractivity contribution in [3.05, 3.63) is 70.7 Å². The van der Waals surface area contributed by atoms with Crippen molar-refractivity contribution in [3.63, 3.8) is 0 Å². The van der Waals surface area contributed by atoms with E-state index in [2.05, 4.69) is 10.5 Å². The van der Waals surface area contributed by atoms with Crippen molar-refractivity contribution in [1.29, 1.82) is 0 Å². The van der Waals surface area contributed by atoms with Gasteiger partial charge in [0, 0.05) is 10.6 Å². The zero-order chi connectivity index (χ0) is 17.8. The Bertz CT molecular complexity index is 803. The van der Waals surface area contributed by atoms with E-state index in [1.165, 1.54) is 0 Å². The lowest BCUT2D eigenvalue weighted by Gasteiger charge is -2.19. The number of hydrazone groups is 1. The number of rotatable bonds is 5. The van der Waals surface area contributed by atoms with E-state index in [-0.39, 0.29) is 18.1 Å².